The van der Waals surface area contributed by atoms with Gasteiger partial charge >= 0.3 is 17.9 Å². The number of aliphatic hydroxyl groups excluding tert-OH is 13. The number of aliphatic carboxylic acids is 1. The average molecular weight is 1280 g/mol. The lowest BCUT2D eigenvalue weighted by atomic mass is 9.33. The number of allylic oxidation sites excluding steroid dienone is 2. The van der Waals surface area contributed by atoms with Gasteiger partial charge in [0.15, 0.2) is 31.3 Å². The molecule has 90 heavy (non-hydrogen) atoms. The Bertz CT molecular complexity index is 2750. The average Bonchev–Trinajstić information content (AvgIpc) is 0.670. The van der Waals surface area contributed by atoms with Gasteiger partial charge < -0.3 is 119 Å². The number of carbonyl (C=O) groups excluding carboxylic acids is 2. The Labute approximate surface area is 521 Å². The highest BCUT2D eigenvalue weighted by molar-refractivity contribution is 5.89. The molecular weight excluding hydrogens is 1190 g/mol. The standard InChI is InChI=1S/C63H94O27/c1-26-37(69)40(72)43(75)54(81-26)87-47-42(74)39(71)32(24-65)84-56(47)88-48-45(77)46(86-55-44(76)41(73)38(70)31(23-64)83-55)49(52(78)79)89-57(48)85-36-18-19-60(7)33(59(36,5)6)17-20-61(8)34(60)16-15-29-30-21-58(3,4)50(90-53(80)28-13-11-10-12-14-28)51(82-27(2)67)63(30,25-66)35(68)22-62(29,61)9/h10-15,26,30-51,54-57,64-66,68-77H,16-25H2,1-9H3,(H,78,79). The Morgan fingerprint density at radius 1 is 0.589 bits per heavy atom. The fraction of sp³-hybridized carbons (Fsp3) is 0.825. The quantitative estimate of drug-likeness (QED) is 0.0563. The van der Waals surface area contributed by atoms with E-state index < -0.39 is 223 Å². The van der Waals surface area contributed by atoms with E-state index in [0.717, 1.165) is 5.57 Å². The van der Waals surface area contributed by atoms with Crippen LogP contribution in [0.3, 0.4) is 0 Å². The zero-order valence-electron chi connectivity index (χ0n) is 52.2. The molecule has 4 heterocycles. The van der Waals surface area contributed by atoms with Gasteiger partial charge in [0.1, 0.15) is 97.7 Å². The molecule has 0 amide bonds. The van der Waals surface area contributed by atoms with E-state index in [-0.39, 0.29) is 23.8 Å². The Morgan fingerprint density at radius 3 is 1.77 bits per heavy atom. The summed E-state index contributed by atoms with van der Waals surface area (Å²) in [6.45, 7) is 14.8. The Kier molecular flexibility index (Phi) is 19.7. The van der Waals surface area contributed by atoms with Gasteiger partial charge in [-0.1, -0.05) is 78.3 Å². The maximum absolute atomic E-state index is 13.8. The molecule has 0 aromatic heterocycles. The fourth-order valence-electron chi connectivity index (χ4n) is 18.1. The van der Waals surface area contributed by atoms with Crippen molar-refractivity contribution in [1.29, 1.82) is 0 Å². The second-order valence-electron chi connectivity index (χ2n) is 28.9. The van der Waals surface area contributed by atoms with Crippen LogP contribution in [0.2, 0.25) is 0 Å². The third-order valence-electron chi connectivity index (χ3n) is 23.2. The van der Waals surface area contributed by atoms with Crippen molar-refractivity contribution >= 4 is 17.9 Å². The SMILES string of the molecule is CC(=O)OC1C(OC(=O)c2ccccc2)C(C)(C)CC2C3=CCC4C5(C)CCC(OC6OC(C(=O)O)C(OC7OC(CO)C(O)C(O)C7O)C(O)C6OC6OC(CO)C(O)C(O)C6OC6OC(C)C(O)C(O)C6O)C(C)(C)C5CCC4(C)C3(C)CC(O)C21CO. The molecule has 8 fully saturated rings. The van der Waals surface area contributed by atoms with Crippen LogP contribution in [0.15, 0.2) is 42.0 Å². The number of rotatable bonds is 15. The molecule has 4 aliphatic heterocycles. The van der Waals surface area contributed by atoms with Crippen LogP contribution in [0.5, 0.6) is 0 Å². The summed E-state index contributed by atoms with van der Waals surface area (Å²) in [4.78, 5) is 40.3. The topological polar surface area (TPSA) is 427 Å². The molecule has 10 rings (SSSR count). The van der Waals surface area contributed by atoms with Gasteiger partial charge in [-0.3, -0.25) is 4.79 Å². The molecule has 5 aliphatic carbocycles. The molecule has 27 heteroatoms. The molecule has 1 aromatic carbocycles. The van der Waals surface area contributed by atoms with Crippen LogP contribution in [0, 0.1) is 50.2 Å². The summed E-state index contributed by atoms with van der Waals surface area (Å²) in [6.07, 6.45) is -36.7. The normalized spacial score (nSPS) is 49.8. The van der Waals surface area contributed by atoms with Crippen LogP contribution >= 0.6 is 0 Å². The predicted molar refractivity (Wildman–Crippen MR) is 305 cm³/mol. The highest BCUT2D eigenvalue weighted by atomic mass is 16.8. The van der Waals surface area contributed by atoms with Crippen molar-refractivity contribution < 1.29 is 133 Å². The summed E-state index contributed by atoms with van der Waals surface area (Å²) in [7, 11) is 0. The minimum atomic E-state index is -2.23. The first-order chi connectivity index (χ1) is 42.2. The predicted octanol–water partition coefficient (Wildman–Crippen LogP) is -1.09. The van der Waals surface area contributed by atoms with Crippen LogP contribution in [-0.2, 0) is 57.0 Å². The summed E-state index contributed by atoms with van der Waals surface area (Å²) in [5.41, 5.74) is -3.44. The van der Waals surface area contributed by atoms with E-state index in [9.17, 15) is 85.9 Å². The fourth-order valence-corrected chi connectivity index (χ4v) is 18.1. The summed E-state index contributed by atoms with van der Waals surface area (Å²) in [6, 6.07) is 8.43. The largest absolute Gasteiger partial charge is 0.479 e. The maximum atomic E-state index is 13.8. The first-order valence-corrected chi connectivity index (χ1v) is 31.4. The molecule has 27 nitrogen and oxygen atoms in total. The van der Waals surface area contributed by atoms with Crippen molar-refractivity contribution in [3.8, 4) is 0 Å². The Hall–Kier alpha value is -3.47. The molecule has 0 spiro atoms. The van der Waals surface area contributed by atoms with Crippen molar-refractivity contribution in [1.82, 2.24) is 0 Å². The molecule has 508 valence electrons. The van der Waals surface area contributed by atoms with Gasteiger partial charge in [-0.25, -0.2) is 9.59 Å². The van der Waals surface area contributed by atoms with Gasteiger partial charge in [0.2, 0.25) is 0 Å². The van der Waals surface area contributed by atoms with Crippen molar-refractivity contribution in [3.63, 3.8) is 0 Å². The maximum Gasteiger partial charge on any atom is 0.338 e. The smallest absolute Gasteiger partial charge is 0.338 e. The second-order valence-corrected chi connectivity index (χ2v) is 28.9. The summed E-state index contributed by atoms with van der Waals surface area (Å²) < 4.78 is 61.3. The number of esters is 2. The van der Waals surface area contributed by atoms with Crippen LogP contribution in [0.4, 0.5) is 0 Å². The molecule has 1 aromatic rings. The van der Waals surface area contributed by atoms with Crippen LogP contribution in [0.25, 0.3) is 0 Å². The van der Waals surface area contributed by atoms with E-state index in [1.807, 2.05) is 27.7 Å². The molecule has 0 bridgehead atoms. The highest BCUT2D eigenvalue weighted by Crippen LogP contribution is 2.76. The van der Waals surface area contributed by atoms with E-state index in [0.29, 0.717) is 38.5 Å². The van der Waals surface area contributed by atoms with Crippen molar-refractivity contribution in [3.05, 3.63) is 47.5 Å². The second kappa shape index (κ2) is 25.6. The summed E-state index contributed by atoms with van der Waals surface area (Å²) >= 11 is 0. The van der Waals surface area contributed by atoms with E-state index in [4.69, 9.17) is 47.4 Å². The number of carboxylic acid groups (broad SMARTS) is 1. The lowest BCUT2D eigenvalue weighted by Gasteiger charge is -2.72. The molecular formula is C63H94O27. The van der Waals surface area contributed by atoms with Crippen molar-refractivity contribution in [2.24, 2.45) is 50.2 Å². The molecule has 9 aliphatic rings. The molecule has 14 N–H and O–H groups in total. The van der Waals surface area contributed by atoms with Gasteiger partial charge in [-0.2, -0.15) is 0 Å². The van der Waals surface area contributed by atoms with E-state index in [1.165, 1.54) is 13.8 Å². The molecule has 0 radical (unpaired) electrons. The Balaban J connectivity index is 0.964. The van der Waals surface area contributed by atoms with Crippen molar-refractivity contribution in [2.75, 3.05) is 19.8 Å². The molecule has 31 atom stereocenters. The van der Waals surface area contributed by atoms with Gasteiger partial charge in [0.05, 0.1) is 49.1 Å². The number of carboxylic acids is 1. The number of fused-ring (bicyclic) bond motifs is 7. The van der Waals surface area contributed by atoms with E-state index >= 15 is 0 Å². The zero-order chi connectivity index (χ0) is 65.9. The monoisotopic (exact) mass is 1280 g/mol. The van der Waals surface area contributed by atoms with Gasteiger partial charge in [-0.05, 0) is 103 Å². The summed E-state index contributed by atoms with van der Waals surface area (Å²) in [5, 5.41) is 156. The number of ether oxygens (including phenoxy) is 10. The third kappa shape index (κ3) is 11.4. The van der Waals surface area contributed by atoms with Gasteiger partial charge in [0, 0.05) is 12.3 Å². The number of hydrogen-bond acceptors (Lipinski definition) is 26. The van der Waals surface area contributed by atoms with Crippen LogP contribution < -0.4 is 0 Å². The van der Waals surface area contributed by atoms with E-state index in [1.54, 1.807) is 30.3 Å². The molecule has 4 saturated heterocycles. The Morgan fingerprint density at radius 2 is 1.16 bits per heavy atom. The number of benzene rings is 1. The first-order valence-electron chi connectivity index (χ1n) is 31.4. The minimum Gasteiger partial charge on any atom is -0.479 e. The molecule has 31 unspecified atom stereocenters. The number of carbonyl (C=O) groups is 3. The van der Waals surface area contributed by atoms with Gasteiger partial charge in [-0.15, -0.1) is 0 Å². The zero-order valence-corrected chi connectivity index (χ0v) is 52.2. The molecule has 4 saturated carbocycles. The van der Waals surface area contributed by atoms with Crippen molar-refractivity contribution in [2.45, 2.75) is 254 Å². The third-order valence-corrected chi connectivity index (χ3v) is 23.2. The highest BCUT2D eigenvalue weighted by Gasteiger charge is 2.74. The van der Waals surface area contributed by atoms with Gasteiger partial charge in [0.25, 0.3) is 0 Å². The minimum absolute atomic E-state index is 0.0341. The summed E-state index contributed by atoms with van der Waals surface area (Å²) in [5.74, 6) is -3.72. The van der Waals surface area contributed by atoms with Crippen LogP contribution in [-0.4, -0.2) is 256 Å². The number of aliphatic hydroxyl groups is 13. The lowest BCUT2D eigenvalue weighted by molar-refractivity contribution is -0.404. The van der Waals surface area contributed by atoms with E-state index in [2.05, 4.69) is 26.8 Å². The number of hydrogen-bond donors (Lipinski definition) is 14. The lowest BCUT2D eigenvalue weighted by Crippen LogP contribution is -2.72. The van der Waals surface area contributed by atoms with Crippen LogP contribution in [0.1, 0.15) is 118 Å². The first kappa shape index (κ1) is 69.4.